The van der Waals surface area contributed by atoms with Gasteiger partial charge < -0.3 is 14.8 Å². The minimum Gasteiger partial charge on any atom is -0.361 e. The number of sulfonamides is 1. The van der Waals surface area contributed by atoms with Crippen molar-refractivity contribution in [1.82, 2.24) is 14.2 Å². The largest absolute Gasteiger partial charge is 0.361 e. The molecule has 0 atom stereocenters. The number of aromatic nitrogens is 1. The zero-order valence-corrected chi connectivity index (χ0v) is 22.0. The van der Waals surface area contributed by atoms with Gasteiger partial charge in [0.05, 0.1) is 5.56 Å². The van der Waals surface area contributed by atoms with Crippen molar-refractivity contribution in [3.8, 4) is 0 Å². The zero-order valence-electron chi connectivity index (χ0n) is 21.1. The number of nitrogens with zero attached hydrogens (tertiary/aromatic N) is 3. The fraction of sp³-hybridized carbons (Fsp3) is 0.538. The average molecular weight is 501 g/mol. The highest BCUT2D eigenvalue weighted by Gasteiger charge is 2.38. The van der Waals surface area contributed by atoms with E-state index < -0.39 is 10.0 Å². The summed E-state index contributed by atoms with van der Waals surface area (Å²) in [6.07, 6.45) is 3.87. The fourth-order valence-corrected chi connectivity index (χ4v) is 7.19. The van der Waals surface area contributed by atoms with Gasteiger partial charge >= 0.3 is 0 Å². The van der Waals surface area contributed by atoms with Crippen molar-refractivity contribution in [3.05, 3.63) is 46.8 Å². The van der Waals surface area contributed by atoms with Gasteiger partial charge in [-0.1, -0.05) is 12.1 Å². The molecule has 0 spiro atoms. The molecule has 4 rings (SSSR count). The van der Waals surface area contributed by atoms with Crippen molar-refractivity contribution >= 4 is 27.5 Å². The molecule has 9 heteroatoms. The molecule has 2 aliphatic heterocycles. The Labute approximate surface area is 208 Å². The van der Waals surface area contributed by atoms with Crippen molar-refractivity contribution in [2.75, 3.05) is 38.1 Å². The van der Waals surface area contributed by atoms with Gasteiger partial charge in [0.25, 0.3) is 5.91 Å². The number of amides is 2. The van der Waals surface area contributed by atoms with E-state index in [9.17, 15) is 18.0 Å². The first-order valence-electron chi connectivity index (χ1n) is 12.4. The van der Waals surface area contributed by atoms with Crippen molar-refractivity contribution in [2.24, 2.45) is 5.92 Å². The van der Waals surface area contributed by atoms with Crippen LogP contribution in [-0.2, 0) is 14.8 Å². The van der Waals surface area contributed by atoms with Crippen LogP contribution in [0.5, 0.6) is 0 Å². The molecule has 3 heterocycles. The number of likely N-dealkylation sites (tertiary alicyclic amines) is 1. The van der Waals surface area contributed by atoms with Crippen LogP contribution in [0, 0.1) is 26.7 Å². The first-order valence-corrected chi connectivity index (χ1v) is 13.9. The maximum absolute atomic E-state index is 13.7. The van der Waals surface area contributed by atoms with E-state index in [-0.39, 0.29) is 41.3 Å². The second-order valence-electron chi connectivity index (χ2n) is 9.85. The minimum absolute atomic E-state index is 0.00211. The van der Waals surface area contributed by atoms with E-state index in [2.05, 4.69) is 4.98 Å². The van der Waals surface area contributed by atoms with Crippen molar-refractivity contribution in [1.29, 1.82) is 0 Å². The van der Waals surface area contributed by atoms with Crippen molar-refractivity contribution in [3.63, 3.8) is 0 Å². The number of rotatable bonds is 5. The van der Waals surface area contributed by atoms with Crippen molar-refractivity contribution in [2.45, 2.75) is 57.8 Å². The van der Waals surface area contributed by atoms with Crippen LogP contribution in [0.25, 0.3) is 0 Å². The highest BCUT2D eigenvalue weighted by molar-refractivity contribution is 7.89. The summed E-state index contributed by atoms with van der Waals surface area (Å²) in [5.41, 5.74) is 3.25. The summed E-state index contributed by atoms with van der Waals surface area (Å²) >= 11 is 0. The predicted molar refractivity (Wildman–Crippen MR) is 136 cm³/mol. The maximum Gasteiger partial charge on any atom is 0.257 e. The highest BCUT2D eigenvalue weighted by atomic mass is 32.2. The molecular formula is C26H36N4O4S. The van der Waals surface area contributed by atoms with Gasteiger partial charge in [0.1, 0.15) is 4.90 Å². The van der Waals surface area contributed by atoms with Gasteiger partial charge in [-0.05, 0) is 70.6 Å². The lowest BCUT2D eigenvalue weighted by Gasteiger charge is -2.33. The van der Waals surface area contributed by atoms with Crippen LogP contribution in [0.15, 0.2) is 29.2 Å². The first kappa shape index (κ1) is 25.4. The quantitative estimate of drug-likeness (QED) is 0.678. The SMILES string of the molecule is Cc1cccc(N(C)C(=O)C2CCN(S(=O)(=O)c3c(C)[nH]c(C)c3C(=O)N3CCCCC3)CC2)c1. The number of aromatic amines is 1. The second kappa shape index (κ2) is 10.1. The molecule has 1 aromatic heterocycles. The summed E-state index contributed by atoms with van der Waals surface area (Å²) in [6, 6.07) is 7.78. The van der Waals surface area contributed by atoms with Crippen LogP contribution in [0.4, 0.5) is 5.69 Å². The number of hydrogen-bond donors (Lipinski definition) is 1. The van der Waals surface area contributed by atoms with Crippen LogP contribution < -0.4 is 4.90 Å². The zero-order chi connectivity index (χ0) is 25.3. The normalized spacial score (nSPS) is 18.0. The molecule has 2 saturated heterocycles. The van der Waals surface area contributed by atoms with E-state index in [1.807, 2.05) is 31.2 Å². The molecular weight excluding hydrogens is 464 g/mol. The number of piperidine rings is 2. The number of anilines is 1. The van der Waals surface area contributed by atoms with Crippen LogP contribution in [0.1, 0.15) is 59.4 Å². The fourth-order valence-electron chi connectivity index (χ4n) is 5.30. The molecule has 2 aliphatic rings. The molecule has 2 aromatic rings. The lowest BCUT2D eigenvalue weighted by molar-refractivity contribution is -0.123. The van der Waals surface area contributed by atoms with E-state index in [0.717, 1.165) is 30.5 Å². The third-order valence-electron chi connectivity index (χ3n) is 7.30. The molecule has 190 valence electrons. The summed E-state index contributed by atoms with van der Waals surface area (Å²) < 4.78 is 28.9. The Hall–Kier alpha value is -2.65. The van der Waals surface area contributed by atoms with Crippen LogP contribution in [-0.4, -0.2) is 67.6 Å². The van der Waals surface area contributed by atoms with Crippen LogP contribution in [0.2, 0.25) is 0 Å². The van der Waals surface area contributed by atoms with E-state index in [4.69, 9.17) is 0 Å². The van der Waals surface area contributed by atoms with Gasteiger partial charge in [-0.3, -0.25) is 9.59 Å². The number of aryl methyl sites for hydroxylation is 3. The minimum atomic E-state index is -3.88. The molecule has 1 N–H and O–H groups in total. The molecule has 2 amide bonds. The third kappa shape index (κ3) is 5.02. The Morgan fingerprint density at radius 3 is 2.26 bits per heavy atom. The number of nitrogens with one attached hydrogen (secondary N) is 1. The van der Waals surface area contributed by atoms with Gasteiger partial charge in [0.2, 0.25) is 15.9 Å². The van der Waals surface area contributed by atoms with Gasteiger partial charge in [-0.2, -0.15) is 4.31 Å². The first-order chi connectivity index (χ1) is 16.6. The number of H-pyrrole nitrogens is 1. The van der Waals surface area contributed by atoms with E-state index >= 15 is 0 Å². The van der Waals surface area contributed by atoms with E-state index in [0.29, 0.717) is 37.3 Å². The maximum atomic E-state index is 13.7. The summed E-state index contributed by atoms with van der Waals surface area (Å²) in [5, 5.41) is 0. The summed E-state index contributed by atoms with van der Waals surface area (Å²) in [4.78, 5) is 33.1. The Morgan fingerprint density at radius 2 is 1.63 bits per heavy atom. The van der Waals surface area contributed by atoms with E-state index in [1.165, 1.54) is 4.31 Å². The number of carbonyl (C=O) groups excluding carboxylic acids is 2. The second-order valence-corrected chi connectivity index (χ2v) is 11.7. The Bertz CT molecular complexity index is 1210. The molecule has 0 radical (unpaired) electrons. The van der Waals surface area contributed by atoms with Crippen molar-refractivity contribution < 1.29 is 18.0 Å². The molecule has 1 aromatic carbocycles. The average Bonchev–Trinajstić information content (AvgIpc) is 3.17. The van der Waals surface area contributed by atoms with Gasteiger partial charge in [-0.25, -0.2) is 8.42 Å². The predicted octanol–water partition coefficient (Wildman–Crippen LogP) is 3.63. The van der Waals surface area contributed by atoms with Crippen LogP contribution in [0.3, 0.4) is 0 Å². The van der Waals surface area contributed by atoms with Crippen LogP contribution >= 0.6 is 0 Å². The molecule has 0 saturated carbocycles. The summed E-state index contributed by atoms with van der Waals surface area (Å²) in [7, 11) is -2.12. The molecule has 0 bridgehead atoms. The summed E-state index contributed by atoms with van der Waals surface area (Å²) in [6.45, 7) is 7.27. The molecule has 0 unspecified atom stereocenters. The Kier molecular flexibility index (Phi) is 7.38. The summed E-state index contributed by atoms with van der Waals surface area (Å²) in [5.74, 6) is -0.451. The molecule has 35 heavy (non-hydrogen) atoms. The lowest BCUT2D eigenvalue weighted by atomic mass is 9.96. The monoisotopic (exact) mass is 500 g/mol. The molecule has 0 aliphatic carbocycles. The highest BCUT2D eigenvalue weighted by Crippen LogP contribution is 2.32. The lowest BCUT2D eigenvalue weighted by Crippen LogP contribution is -2.44. The molecule has 8 nitrogen and oxygen atoms in total. The van der Waals surface area contributed by atoms with Gasteiger partial charge in [0, 0.05) is 56.2 Å². The standard InChI is InChI=1S/C26H36N4O4S/c1-18-9-8-10-22(17-18)28(4)25(31)21-11-15-30(16-12-21)35(33,34)24-20(3)27-19(2)23(24)26(32)29-13-6-5-7-14-29/h8-10,17,21,27H,5-7,11-16H2,1-4H3. The van der Waals surface area contributed by atoms with Gasteiger partial charge in [0.15, 0.2) is 0 Å². The number of carbonyl (C=O) groups is 2. The smallest absolute Gasteiger partial charge is 0.257 e. The Balaban J connectivity index is 1.50. The number of hydrogen-bond acceptors (Lipinski definition) is 4. The number of benzene rings is 1. The third-order valence-corrected chi connectivity index (χ3v) is 9.37. The van der Waals surface area contributed by atoms with Gasteiger partial charge in [-0.15, -0.1) is 0 Å². The topological polar surface area (TPSA) is 93.8 Å². The van der Waals surface area contributed by atoms with E-state index in [1.54, 1.807) is 30.7 Å². The Morgan fingerprint density at radius 1 is 0.971 bits per heavy atom. The molecule has 2 fully saturated rings.